The molecule has 4 aromatic rings. The number of quaternary nitrogens is 1. The molecule has 0 aliphatic carbocycles. The molecule has 0 saturated heterocycles. The summed E-state index contributed by atoms with van der Waals surface area (Å²) in [6, 6.07) is 20.4. The number of nitrogens with zero attached hydrogens (tertiary/aromatic N) is 3. The maximum Gasteiger partial charge on any atom is 0.534 e. The zero-order valence-electron chi connectivity index (χ0n) is 24.0. The number of rotatable bonds is 11. The van der Waals surface area contributed by atoms with Crippen LogP contribution < -0.4 is 10.3 Å². The zero-order valence-corrected chi connectivity index (χ0v) is 27.0. The predicted octanol–water partition coefficient (Wildman–Crippen LogP) is 8.74. The highest BCUT2D eigenvalue weighted by Crippen LogP contribution is 2.36. The summed E-state index contributed by atoms with van der Waals surface area (Å²) in [5.74, 6) is -0.576. The van der Waals surface area contributed by atoms with Gasteiger partial charge in [0, 0.05) is 35.0 Å². The number of carbonyl (C=O) groups excluding carboxylic acids is 1. The van der Waals surface area contributed by atoms with Crippen LogP contribution in [0.2, 0.25) is 10.0 Å². The average Bonchev–Trinajstić information content (AvgIpc) is 3.48. The number of benzene rings is 3. The number of carbonyl (C=O) groups is 2. The summed E-state index contributed by atoms with van der Waals surface area (Å²) < 4.78 is 3.82. The highest BCUT2D eigenvalue weighted by atomic mass is 35.5. The van der Waals surface area contributed by atoms with Crippen LogP contribution in [0.4, 0.5) is 10.5 Å². The van der Waals surface area contributed by atoms with Gasteiger partial charge < -0.3 is 19.7 Å². The molecule has 0 aliphatic rings. The van der Waals surface area contributed by atoms with Crippen molar-refractivity contribution in [2.45, 2.75) is 37.7 Å². The van der Waals surface area contributed by atoms with E-state index in [2.05, 4.69) is 10.6 Å². The van der Waals surface area contributed by atoms with E-state index in [-0.39, 0.29) is 12.5 Å². The number of amides is 2. The third-order valence-corrected chi connectivity index (χ3v) is 8.28. The molecule has 232 valence electrons. The molecular weight excluding hydrogens is 650 g/mol. The van der Waals surface area contributed by atoms with E-state index >= 15 is 0 Å². The number of anilines is 1. The van der Waals surface area contributed by atoms with Crippen molar-refractivity contribution in [1.82, 2.24) is 10.6 Å². The van der Waals surface area contributed by atoms with Gasteiger partial charge in [0.15, 0.2) is 10.6 Å². The van der Waals surface area contributed by atoms with Crippen molar-refractivity contribution in [1.29, 1.82) is 0 Å². The van der Waals surface area contributed by atoms with E-state index in [1.165, 1.54) is 11.8 Å². The molecule has 0 bridgehead atoms. The molecule has 3 aromatic carbocycles. The quantitative estimate of drug-likeness (QED) is 0.0924. The number of halogens is 4. The van der Waals surface area contributed by atoms with Crippen LogP contribution in [0.3, 0.4) is 0 Å². The fraction of sp³-hybridized carbons (Fsp3) is 0.258. The fourth-order valence-corrected chi connectivity index (χ4v) is 5.48. The van der Waals surface area contributed by atoms with Gasteiger partial charge in [0.2, 0.25) is 0 Å². The second-order valence-electron chi connectivity index (χ2n) is 10.5. The maximum absolute atomic E-state index is 13.9. The molecule has 2 N–H and O–H groups in total. The number of hydrogen-bond acceptors (Lipinski definition) is 6. The first kappa shape index (κ1) is 33.7. The average molecular weight is 680 g/mol. The van der Waals surface area contributed by atoms with E-state index in [1.54, 1.807) is 78.9 Å². The van der Waals surface area contributed by atoms with E-state index in [4.69, 9.17) is 50.9 Å². The molecule has 9 nitrogen and oxygen atoms in total. The SMILES string of the molecule is CC(C)C(CN(C(=O)C(Cl)Cl)c1cccc(-c2cc(-c3c(Cl)cccc3Cl)no2)c1)N[N+]([O-])(C(=O)O)C(C)c1ccccc1. The minimum Gasteiger partial charge on any atom is -0.601 e. The highest BCUT2D eigenvalue weighted by Gasteiger charge is 2.40. The fourth-order valence-electron chi connectivity index (χ4n) is 4.66. The predicted molar refractivity (Wildman–Crippen MR) is 174 cm³/mol. The number of hydroxylamine groups is 2. The standard InChI is InChI=1S/C31H30Cl4N4O5/c1-18(2)26(36-39(43,31(41)42)19(3)20-9-5-4-6-10-20)17-38(30(40)29(34)35)22-12-7-11-21(15-22)27-16-25(37-44-27)28-23(32)13-8-14-24(28)33/h4-16,18-19,26,29,36H,17H2,1-3H3,(H,41,42). The van der Waals surface area contributed by atoms with E-state index < -0.39 is 33.7 Å². The van der Waals surface area contributed by atoms with Gasteiger partial charge in [-0.25, -0.2) is 0 Å². The van der Waals surface area contributed by atoms with Gasteiger partial charge in [-0.05, 0) is 37.1 Å². The van der Waals surface area contributed by atoms with Gasteiger partial charge in [0.05, 0.1) is 16.1 Å². The van der Waals surface area contributed by atoms with Crippen molar-refractivity contribution in [3.05, 3.63) is 99.7 Å². The molecule has 1 aromatic heterocycles. The first-order valence-corrected chi connectivity index (χ1v) is 15.2. The van der Waals surface area contributed by atoms with E-state index in [9.17, 15) is 19.9 Å². The van der Waals surface area contributed by atoms with Crippen molar-refractivity contribution in [2.24, 2.45) is 5.92 Å². The molecule has 0 spiro atoms. The lowest BCUT2D eigenvalue weighted by Crippen LogP contribution is -2.64. The molecule has 2 amide bonds. The van der Waals surface area contributed by atoms with Crippen LogP contribution in [0.15, 0.2) is 83.4 Å². The lowest BCUT2D eigenvalue weighted by molar-refractivity contribution is -0.886. The molecular formula is C31H30Cl4N4O5. The number of hydrogen-bond donors (Lipinski definition) is 2. The van der Waals surface area contributed by atoms with Crippen LogP contribution in [0.25, 0.3) is 22.6 Å². The highest BCUT2D eigenvalue weighted by molar-refractivity contribution is 6.54. The first-order valence-electron chi connectivity index (χ1n) is 13.6. The van der Waals surface area contributed by atoms with Crippen LogP contribution in [-0.2, 0) is 4.79 Å². The second-order valence-corrected chi connectivity index (χ2v) is 12.4. The van der Waals surface area contributed by atoms with E-state index in [0.717, 1.165) is 0 Å². The number of aromatic nitrogens is 1. The monoisotopic (exact) mass is 678 g/mol. The lowest BCUT2D eigenvalue weighted by atomic mass is 10.0. The summed E-state index contributed by atoms with van der Waals surface area (Å²) in [6.45, 7) is 5.03. The Labute approximate surface area is 275 Å². The smallest absolute Gasteiger partial charge is 0.534 e. The summed E-state index contributed by atoms with van der Waals surface area (Å²) in [4.78, 5) is 25.6. The van der Waals surface area contributed by atoms with Crippen LogP contribution in [0, 0.1) is 11.1 Å². The molecule has 0 aliphatic heterocycles. The third-order valence-electron chi connectivity index (χ3n) is 7.28. The van der Waals surface area contributed by atoms with Gasteiger partial charge in [0.25, 0.3) is 5.91 Å². The maximum atomic E-state index is 13.9. The van der Waals surface area contributed by atoms with Gasteiger partial charge in [-0.3, -0.25) is 4.79 Å². The van der Waals surface area contributed by atoms with Crippen LogP contribution in [0.5, 0.6) is 0 Å². The van der Waals surface area contributed by atoms with Gasteiger partial charge in [-0.15, -0.1) is 0 Å². The number of alkyl halides is 2. The van der Waals surface area contributed by atoms with Crippen molar-refractivity contribution in [3.63, 3.8) is 0 Å². The van der Waals surface area contributed by atoms with Crippen molar-refractivity contribution >= 4 is 64.1 Å². The minimum atomic E-state index is -1.77. The van der Waals surface area contributed by atoms with Crippen molar-refractivity contribution in [3.8, 4) is 22.6 Å². The summed E-state index contributed by atoms with van der Waals surface area (Å²) >= 11 is 24.8. The van der Waals surface area contributed by atoms with Crippen molar-refractivity contribution in [2.75, 3.05) is 11.4 Å². The summed E-state index contributed by atoms with van der Waals surface area (Å²) in [6.07, 6.45) is -1.63. The van der Waals surface area contributed by atoms with Crippen LogP contribution >= 0.6 is 46.4 Å². The molecule has 1 heterocycles. The summed E-state index contributed by atoms with van der Waals surface area (Å²) in [5, 5.41) is 28.9. The molecule has 3 atom stereocenters. The van der Waals surface area contributed by atoms with Gasteiger partial charge in [-0.1, -0.05) is 114 Å². The minimum absolute atomic E-state index is 0.121. The molecule has 3 unspecified atom stereocenters. The Morgan fingerprint density at radius 1 is 0.977 bits per heavy atom. The van der Waals surface area contributed by atoms with Gasteiger partial charge in [0.1, 0.15) is 11.7 Å². The van der Waals surface area contributed by atoms with E-state index in [0.29, 0.717) is 43.9 Å². The summed E-state index contributed by atoms with van der Waals surface area (Å²) in [5.41, 5.74) is 5.17. The molecule has 13 heteroatoms. The largest absolute Gasteiger partial charge is 0.601 e. The Kier molecular flexibility index (Phi) is 11.0. The molecule has 0 saturated carbocycles. The Balaban J connectivity index is 1.68. The lowest BCUT2D eigenvalue weighted by Gasteiger charge is -2.44. The Morgan fingerprint density at radius 3 is 2.20 bits per heavy atom. The first-order chi connectivity index (χ1) is 20.8. The molecule has 4 rings (SSSR count). The Hall–Kier alpha value is -3.15. The van der Waals surface area contributed by atoms with Gasteiger partial charge in [-0.2, -0.15) is 15.0 Å². The summed E-state index contributed by atoms with van der Waals surface area (Å²) in [7, 11) is 0. The Bertz CT molecular complexity index is 1600. The van der Waals surface area contributed by atoms with Gasteiger partial charge >= 0.3 is 6.09 Å². The molecule has 0 radical (unpaired) electrons. The second kappa shape index (κ2) is 14.3. The van der Waals surface area contributed by atoms with E-state index in [1.807, 2.05) is 13.8 Å². The molecule has 44 heavy (non-hydrogen) atoms. The third kappa shape index (κ3) is 7.38. The topological polar surface area (TPSA) is 119 Å². The molecule has 0 fully saturated rings. The number of carboxylic acid groups (broad SMARTS) is 1. The van der Waals surface area contributed by atoms with Crippen molar-refractivity contribution < 1.29 is 24.0 Å². The Morgan fingerprint density at radius 2 is 1.61 bits per heavy atom. The normalized spacial score (nSPS) is 14.3. The van der Waals surface area contributed by atoms with Crippen LogP contribution in [0.1, 0.15) is 32.4 Å². The number of nitrogens with one attached hydrogen (secondary N) is 1. The van der Waals surface area contributed by atoms with Crippen LogP contribution in [-0.4, -0.2) is 44.4 Å². The zero-order chi connectivity index (χ0) is 32.2.